The molecule has 1 amide bonds. The van der Waals surface area contributed by atoms with Gasteiger partial charge in [0.05, 0.1) is 28.8 Å². The van der Waals surface area contributed by atoms with Gasteiger partial charge in [-0.05, 0) is 56.2 Å². The first-order valence-electron chi connectivity index (χ1n) is 11.4. The number of benzene rings is 3. The van der Waals surface area contributed by atoms with E-state index in [1.807, 2.05) is 69.3 Å². The first-order valence-corrected chi connectivity index (χ1v) is 11.4. The van der Waals surface area contributed by atoms with Gasteiger partial charge in [0.15, 0.2) is 0 Å². The molecule has 0 aliphatic carbocycles. The van der Waals surface area contributed by atoms with Gasteiger partial charge < -0.3 is 14.8 Å². The largest absolute Gasteiger partial charge is 0.507 e. The molecule has 0 bridgehead atoms. The third kappa shape index (κ3) is 4.05. The molecule has 0 radical (unpaired) electrons. The Morgan fingerprint density at radius 3 is 2.54 bits per heavy atom. The number of aliphatic hydroxyl groups excluding tert-OH is 1. The fourth-order valence-electron chi connectivity index (χ4n) is 4.37. The molecule has 7 heteroatoms. The van der Waals surface area contributed by atoms with E-state index in [-0.39, 0.29) is 23.4 Å². The predicted molar refractivity (Wildman–Crippen MR) is 134 cm³/mol. The molecule has 176 valence electrons. The summed E-state index contributed by atoms with van der Waals surface area (Å²) in [5, 5.41) is 11.3. The van der Waals surface area contributed by atoms with Gasteiger partial charge in [-0.3, -0.25) is 14.5 Å². The molecule has 4 aromatic rings. The second-order valence-corrected chi connectivity index (χ2v) is 8.86. The van der Waals surface area contributed by atoms with Crippen molar-refractivity contribution in [1.29, 1.82) is 0 Å². The number of Topliss-reactive ketones (excluding diaryl/α,β-unsaturated/α-hetero) is 1. The van der Waals surface area contributed by atoms with Gasteiger partial charge in [0.25, 0.3) is 5.78 Å². The summed E-state index contributed by atoms with van der Waals surface area (Å²) in [6.45, 7) is 5.78. The number of aromatic amines is 1. The number of carbonyl (C=O) groups is 2. The molecule has 0 saturated carbocycles. The van der Waals surface area contributed by atoms with E-state index in [1.54, 1.807) is 24.3 Å². The van der Waals surface area contributed by atoms with Crippen LogP contribution in [0, 0.1) is 6.92 Å². The van der Waals surface area contributed by atoms with Crippen molar-refractivity contribution in [2.24, 2.45) is 0 Å². The number of nitrogens with zero attached hydrogens (tertiary/aromatic N) is 2. The number of aryl methyl sites for hydroxylation is 1. The van der Waals surface area contributed by atoms with Gasteiger partial charge in [-0.2, -0.15) is 0 Å². The molecule has 1 atom stereocenters. The number of hydrogen-bond donors (Lipinski definition) is 2. The van der Waals surface area contributed by atoms with Gasteiger partial charge in [0.2, 0.25) is 5.95 Å². The fourth-order valence-corrected chi connectivity index (χ4v) is 4.37. The Kier molecular flexibility index (Phi) is 5.61. The second kappa shape index (κ2) is 8.76. The number of amides is 1. The number of carbonyl (C=O) groups excluding carboxylic acids is 2. The SMILES string of the molecule is Cc1ccc2nc(N3C(=O)C(=O)/C(=C(/O)c4cccc(OC(C)C)c4)C3c3ccccc3)[nH]c2c1. The number of H-pyrrole nitrogens is 1. The maximum Gasteiger partial charge on any atom is 0.302 e. The van der Waals surface area contributed by atoms with Crippen molar-refractivity contribution in [3.05, 3.63) is 95.1 Å². The van der Waals surface area contributed by atoms with E-state index in [9.17, 15) is 14.7 Å². The van der Waals surface area contributed by atoms with Crippen LogP contribution in [0.5, 0.6) is 5.75 Å². The van der Waals surface area contributed by atoms with Crippen LogP contribution in [-0.4, -0.2) is 32.9 Å². The summed E-state index contributed by atoms with van der Waals surface area (Å²) in [5.74, 6) is -0.991. The van der Waals surface area contributed by atoms with E-state index in [1.165, 1.54) is 4.90 Å². The number of imidazole rings is 1. The molecular weight excluding hydrogens is 442 g/mol. The lowest BCUT2D eigenvalue weighted by atomic mass is 9.95. The fraction of sp³-hybridized carbons (Fsp3) is 0.179. The normalized spacial score (nSPS) is 17.5. The van der Waals surface area contributed by atoms with Gasteiger partial charge in [-0.15, -0.1) is 0 Å². The number of aliphatic hydroxyl groups is 1. The maximum absolute atomic E-state index is 13.3. The van der Waals surface area contributed by atoms with Gasteiger partial charge in [-0.25, -0.2) is 4.98 Å². The number of anilines is 1. The van der Waals surface area contributed by atoms with Crippen molar-refractivity contribution in [1.82, 2.24) is 9.97 Å². The van der Waals surface area contributed by atoms with Crippen LogP contribution in [0.4, 0.5) is 5.95 Å². The van der Waals surface area contributed by atoms with Gasteiger partial charge in [0.1, 0.15) is 11.5 Å². The van der Waals surface area contributed by atoms with Crippen LogP contribution >= 0.6 is 0 Å². The summed E-state index contributed by atoms with van der Waals surface area (Å²) in [6.07, 6.45) is -0.0565. The molecule has 1 unspecified atom stereocenters. The standard InChI is InChI=1S/C28H25N3O4/c1-16(2)35-20-11-7-10-19(15-20)25(32)23-24(18-8-5-4-6-9-18)31(27(34)26(23)33)28-29-21-13-12-17(3)14-22(21)30-28/h4-16,24,32H,1-3H3,(H,29,30)/b25-23+. The van der Waals surface area contributed by atoms with Crippen LogP contribution < -0.4 is 9.64 Å². The van der Waals surface area contributed by atoms with E-state index in [0.29, 0.717) is 22.4 Å². The molecule has 1 fully saturated rings. The third-order valence-electron chi connectivity index (χ3n) is 5.89. The predicted octanol–water partition coefficient (Wildman–Crippen LogP) is 5.28. The van der Waals surface area contributed by atoms with Crippen molar-refractivity contribution in [2.75, 3.05) is 4.90 Å². The second-order valence-electron chi connectivity index (χ2n) is 8.86. The molecule has 1 aromatic heterocycles. The van der Waals surface area contributed by atoms with Crippen LogP contribution in [0.25, 0.3) is 16.8 Å². The maximum atomic E-state index is 13.3. The summed E-state index contributed by atoms with van der Waals surface area (Å²) >= 11 is 0. The van der Waals surface area contributed by atoms with Crippen molar-refractivity contribution >= 4 is 34.4 Å². The van der Waals surface area contributed by atoms with Gasteiger partial charge >= 0.3 is 5.91 Å². The topological polar surface area (TPSA) is 95.5 Å². The molecule has 0 spiro atoms. The molecule has 5 rings (SSSR count). The molecule has 2 N–H and O–H groups in total. The Bertz CT molecular complexity index is 1470. The number of ether oxygens (including phenoxy) is 1. The van der Waals surface area contributed by atoms with E-state index in [4.69, 9.17) is 4.74 Å². The summed E-state index contributed by atoms with van der Waals surface area (Å²) in [4.78, 5) is 35.8. The quantitative estimate of drug-likeness (QED) is 0.236. The third-order valence-corrected chi connectivity index (χ3v) is 5.89. The van der Waals surface area contributed by atoms with Gasteiger partial charge in [0, 0.05) is 5.56 Å². The molecule has 35 heavy (non-hydrogen) atoms. The minimum atomic E-state index is -0.854. The average molecular weight is 468 g/mol. The number of nitrogens with one attached hydrogen (secondary N) is 1. The number of hydrogen-bond acceptors (Lipinski definition) is 5. The monoisotopic (exact) mass is 467 g/mol. The molecular formula is C28H25N3O4. The van der Waals surface area contributed by atoms with E-state index in [0.717, 1.165) is 11.1 Å². The number of aromatic nitrogens is 2. The molecule has 2 heterocycles. The highest BCUT2D eigenvalue weighted by atomic mass is 16.5. The molecule has 1 saturated heterocycles. The zero-order valence-corrected chi connectivity index (χ0v) is 19.6. The van der Waals surface area contributed by atoms with E-state index < -0.39 is 17.7 Å². The smallest absolute Gasteiger partial charge is 0.302 e. The lowest BCUT2D eigenvalue weighted by molar-refractivity contribution is -0.132. The Balaban J connectivity index is 1.68. The Hall–Kier alpha value is -4.39. The lowest BCUT2D eigenvalue weighted by Crippen LogP contribution is -2.30. The minimum Gasteiger partial charge on any atom is -0.507 e. The van der Waals surface area contributed by atoms with E-state index >= 15 is 0 Å². The van der Waals surface area contributed by atoms with Crippen LogP contribution in [0.3, 0.4) is 0 Å². The highest BCUT2D eigenvalue weighted by molar-refractivity contribution is 6.51. The summed E-state index contributed by atoms with van der Waals surface area (Å²) in [6, 6.07) is 20.9. The van der Waals surface area contributed by atoms with Crippen LogP contribution in [0.1, 0.15) is 36.6 Å². The zero-order chi connectivity index (χ0) is 24.7. The summed E-state index contributed by atoms with van der Waals surface area (Å²) in [7, 11) is 0. The first kappa shape index (κ1) is 22.4. The Morgan fingerprint density at radius 1 is 1.03 bits per heavy atom. The molecule has 3 aromatic carbocycles. The average Bonchev–Trinajstić information content (AvgIpc) is 3.36. The number of fused-ring (bicyclic) bond motifs is 1. The first-order chi connectivity index (χ1) is 16.8. The van der Waals surface area contributed by atoms with Crippen LogP contribution in [-0.2, 0) is 9.59 Å². The Morgan fingerprint density at radius 2 is 1.80 bits per heavy atom. The van der Waals surface area contributed by atoms with E-state index in [2.05, 4.69) is 9.97 Å². The van der Waals surface area contributed by atoms with Crippen molar-refractivity contribution < 1.29 is 19.4 Å². The van der Waals surface area contributed by atoms with Crippen LogP contribution in [0.15, 0.2) is 78.4 Å². The summed E-state index contributed by atoms with van der Waals surface area (Å²) in [5.41, 5.74) is 3.55. The van der Waals surface area contributed by atoms with Crippen molar-refractivity contribution in [2.45, 2.75) is 32.9 Å². The zero-order valence-electron chi connectivity index (χ0n) is 19.6. The van der Waals surface area contributed by atoms with Crippen molar-refractivity contribution in [3.8, 4) is 5.75 Å². The highest BCUT2D eigenvalue weighted by Gasteiger charge is 2.48. The molecule has 7 nitrogen and oxygen atoms in total. The minimum absolute atomic E-state index is 0.000432. The highest BCUT2D eigenvalue weighted by Crippen LogP contribution is 2.42. The van der Waals surface area contributed by atoms with Crippen LogP contribution in [0.2, 0.25) is 0 Å². The number of rotatable bonds is 5. The van der Waals surface area contributed by atoms with Crippen molar-refractivity contribution in [3.63, 3.8) is 0 Å². The summed E-state index contributed by atoms with van der Waals surface area (Å²) < 4.78 is 5.75. The number of ketones is 1. The molecule has 1 aliphatic heterocycles. The lowest BCUT2D eigenvalue weighted by Gasteiger charge is -2.23. The molecule has 1 aliphatic rings. The van der Waals surface area contributed by atoms with Gasteiger partial charge in [-0.1, -0.05) is 48.5 Å². The Labute approximate surface area is 202 Å².